The van der Waals surface area contributed by atoms with Crippen LogP contribution in [0.25, 0.3) is 0 Å². The smallest absolute Gasteiger partial charge is 0.227 e. The highest BCUT2D eigenvalue weighted by atomic mass is 16.2. The monoisotopic (exact) mass is 303 g/mol. The fourth-order valence-electron chi connectivity index (χ4n) is 2.98. The number of nitrogens with zero attached hydrogens (tertiary/aromatic N) is 5. The molecule has 0 spiro atoms. The Balaban J connectivity index is 1.58. The number of hydrogen-bond acceptors (Lipinski definition) is 5. The largest absolute Gasteiger partial charge is 0.349 e. The van der Waals surface area contributed by atoms with Crippen molar-refractivity contribution in [2.45, 2.75) is 19.4 Å². The van der Waals surface area contributed by atoms with E-state index in [1.807, 2.05) is 11.8 Å². The van der Waals surface area contributed by atoms with E-state index in [4.69, 9.17) is 0 Å². The Labute approximate surface area is 129 Å². The molecule has 2 fully saturated rings. The summed E-state index contributed by atoms with van der Waals surface area (Å²) in [7, 11) is 3.46. The fourth-order valence-corrected chi connectivity index (χ4v) is 2.98. The number of likely N-dealkylation sites (tertiary alicyclic amines) is 1. The van der Waals surface area contributed by atoms with Gasteiger partial charge in [-0.2, -0.15) is 0 Å². The van der Waals surface area contributed by atoms with Crippen molar-refractivity contribution in [3.05, 3.63) is 18.0 Å². The van der Waals surface area contributed by atoms with Crippen molar-refractivity contribution < 1.29 is 9.59 Å². The molecule has 2 aliphatic rings. The molecular weight excluding hydrogens is 282 g/mol. The minimum Gasteiger partial charge on any atom is -0.349 e. The second kappa shape index (κ2) is 5.55. The third-order valence-corrected chi connectivity index (χ3v) is 4.30. The molecule has 3 rings (SSSR count). The Bertz CT molecular complexity index is 580. The maximum atomic E-state index is 12.1. The van der Waals surface area contributed by atoms with Gasteiger partial charge in [-0.1, -0.05) is 0 Å². The molecule has 0 N–H and O–H groups in total. The molecule has 22 heavy (non-hydrogen) atoms. The lowest BCUT2D eigenvalue weighted by molar-refractivity contribution is -0.133. The van der Waals surface area contributed by atoms with Crippen LogP contribution in [0.15, 0.2) is 12.4 Å². The van der Waals surface area contributed by atoms with Crippen molar-refractivity contribution in [2.75, 3.05) is 38.6 Å². The Morgan fingerprint density at radius 1 is 1.23 bits per heavy atom. The molecule has 118 valence electrons. The standard InChI is InChI=1S/C15H21N5O2/c1-10-5-16-15(17-6-10)19-8-12(9-19)20-7-11(4-13(20)21)14(22)18(2)3/h5-6,11-12H,4,7-9H2,1-3H3. The highest BCUT2D eigenvalue weighted by molar-refractivity contribution is 5.89. The van der Waals surface area contributed by atoms with Gasteiger partial charge in [-0.05, 0) is 12.5 Å². The average molecular weight is 303 g/mol. The summed E-state index contributed by atoms with van der Waals surface area (Å²) in [6.07, 6.45) is 3.92. The maximum absolute atomic E-state index is 12.1. The number of hydrogen-bond donors (Lipinski definition) is 0. The van der Waals surface area contributed by atoms with Crippen molar-refractivity contribution in [3.8, 4) is 0 Å². The lowest BCUT2D eigenvalue weighted by atomic mass is 10.1. The predicted molar refractivity (Wildman–Crippen MR) is 81.3 cm³/mol. The summed E-state index contributed by atoms with van der Waals surface area (Å²) in [6.45, 7) is 3.95. The van der Waals surface area contributed by atoms with Gasteiger partial charge in [0.1, 0.15) is 0 Å². The predicted octanol–water partition coefficient (Wildman–Crippen LogP) is -0.0897. The zero-order valence-electron chi connectivity index (χ0n) is 13.2. The third-order valence-electron chi connectivity index (χ3n) is 4.30. The van der Waals surface area contributed by atoms with Crippen molar-refractivity contribution in [1.82, 2.24) is 19.8 Å². The summed E-state index contributed by atoms with van der Waals surface area (Å²) in [5, 5.41) is 0. The van der Waals surface area contributed by atoms with Crippen LogP contribution in [0.5, 0.6) is 0 Å². The summed E-state index contributed by atoms with van der Waals surface area (Å²) < 4.78 is 0. The van der Waals surface area contributed by atoms with Crippen LogP contribution in [0.2, 0.25) is 0 Å². The van der Waals surface area contributed by atoms with Gasteiger partial charge in [0.05, 0.1) is 12.0 Å². The highest BCUT2D eigenvalue weighted by Crippen LogP contribution is 2.27. The van der Waals surface area contributed by atoms with E-state index in [9.17, 15) is 9.59 Å². The van der Waals surface area contributed by atoms with Gasteiger partial charge < -0.3 is 14.7 Å². The second-order valence-electron chi connectivity index (χ2n) is 6.30. The third kappa shape index (κ3) is 2.63. The first kappa shape index (κ1) is 14.7. The Morgan fingerprint density at radius 2 is 1.86 bits per heavy atom. The number of anilines is 1. The van der Waals surface area contributed by atoms with Gasteiger partial charge in [0.25, 0.3) is 0 Å². The Kier molecular flexibility index (Phi) is 3.72. The van der Waals surface area contributed by atoms with Crippen LogP contribution in [0.4, 0.5) is 5.95 Å². The van der Waals surface area contributed by atoms with Gasteiger partial charge in [0, 0.05) is 52.5 Å². The van der Waals surface area contributed by atoms with Crippen molar-refractivity contribution in [2.24, 2.45) is 5.92 Å². The quantitative estimate of drug-likeness (QED) is 0.780. The van der Waals surface area contributed by atoms with E-state index in [-0.39, 0.29) is 23.8 Å². The van der Waals surface area contributed by atoms with Crippen LogP contribution in [0.3, 0.4) is 0 Å². The van der Waals surface area contributed by atoms with E-state index >= 15 is 0 Å². The van der Waals surface area contributed by atoms with Crippen LogP contribution < -0.4 is 4.90 Å². The van der Waals surface area contributed by atoms with Crippen molar-refractivity contribution in [1.29, 1.82) is 0 Å². The first-order chi connectivity index (χ1) is 10.5. The SMILES string of the molecule is Cc1cnc(N2CC(N3CC(C(=O)N(C)C)CC3=O)C2)nc1. The Morgan fingerprint density at radius 3 is 2.45 bits per heavy atom. The zero-order valence-corrected chi connectivity index (χ0v) is 13.2. The molecule has 2 saturated heterocycles. The molecule has 1 unspecified atom stereocenters. The molecule has 0 radical (unpaired) electrons. The van der Waals surface area contributed by atoms with Crippen molar-refractivity contribution in [3.63, 3.8) is 0 Å². The van der Waals surface area contributed by atoms with Gasteiger partial charge in [-0.3, -0.25) is 9.59 Å². The molecule has 1 aromatic heterocycles. The molecule has 7 heteroatoms. The topological polar surface area (TPSA) is 69.6 Å². The first-order valence-corrected chi connectivity index (χ1v) is 7.50. The number of carbonyl (C=O) groups is 2. The van der Waals surface area contributed by atoms with E-state index in [1.165, 1.54) is 0 Å². The van der Waals surface area contributed by atoms with Crippen LogP contribution in [0.1, 0.15) is 12.0 Å². The summed E-state index contributed by atoms with van der Waals surface area (Å²) in [5.41, 5.74) is 1.03. The van der Waals surface area contributed by atoms with Gasteiger partial charge >= 0.3 is 0 Å². The van der Waals surface area contributed by atoms with Crippen LogP contribution in [-0.2, 0) is 9.59 Å². The van der Waals surface area contributed by atoms with Gasteiger partial charge in [0.2, 0.25) is 17.8 Å². The molecule has 1 atom stereocenters. The lowest BCUT2D eigenvalue weighted by Crippen LogP contribution is -2.60. The van der Waals surface area contributed by atoms with Crippen LogP contribution in [-0.4, -0.2) is 71.4 Å². The van der Waals surface area contributed by atoms with Crippen molar-refractivity contribution >= 4 is 17.8 Å². The summed E-state index contributed by atoms with van der Waals surface area (Å²) in [4.78, 5) is 38.2. The first-order valence-electron chi connectivity index (χ1n) is 7.50. The van der Waals surface area contributed by atoms with Gasteiger partial charge in [0.15, 0.2) is 0 Å². The minimum atomic E-state index is -0.202. The van der Waals surface area contributed by atoms with E-state index in [1.54, 1.807) is 31.4 Å². The molecule has 2 aliphatic heterocycles. The Hall–Kier alpha value is -2.18. The van der Waals surface area contributed by atoms with Crippen LogP contribution in [0, 0.1) is 12.8 Å². The molecule has 3 heterocycles. The zero-order chi connectivity index (χ0) is 15.9. The summed E-state index contributed by atoms with van der Waals surface area (Å²) in [6, 6.07) is 0.164. The van der Waals surface area contributed by atoms with Gasteiger partial charge in [-0.25, -0.2) is 9.97 Å². The normalized spacial score (nSPS) is 22.0. The molecule has 0 saturated carbocycles. The van der Waals surface area contributed by atoms with E-state index in [0.29, 0.717) is 18.9 Å². The maximum Gasteiger partial charge on any atom is 0.227 e. The molecular formula is C15H21N5O2. The number of amides is 2. The van der Waals surface area contributed by atoms with Crippen LogP contribution >= 0.6 is 0 Å². The highest BCUT2D eigenvalue weighted by Gasteiger charge is 2.43. The second-order valence-corrected chi connectivity index (χ2v) is 6.30. The molecule has 1 aromatic rings. The number of carbonyl (C=O) groups excluding carboxylic acids is 2. The average Bonchev–Trinajstić information content (AvgIpc) is 2.80. The lowest BCUT2D eigenvalue weighted by Gasteiger charge is -2.44. The molecule has 0 bridgehead atoms. The van der Waals surface area contributed by atoms with E-state index in [0.717, 1.165) is 18.7 Å². The summed E-state index contributed by atoms with van der Waals surface area (Å²) >= 11 is 0. The molecule has 0 aromatic carbocycles. The number of aromatic nitrogens is 2. The number of aryl methyl sites for hydroxylation is 1. The minimum absolute atomic E-state index is 0.0360. The molecule has 7 nitrogen and oxygen atoms in total. The fraction of sp³-hybridized carbons (Fsp3) is 0.600. The summed E-state index contributed by atoms with van der Waals surface area (Å²) in [5.74, 6) is 0.616. The van der Waals surface area contributed by atoms with Gasteiger partial charge in [-0.15, -0.1) is 0 Å². The van der Waals surface area contributed by atoms with E-state index in [2.05, 4.69) is 14.9 Å². The van der Waals surface area contributed by atoms with E-state index < -0.39 is 0 Å². The number of rotatable bonds is 3. The molecule has 0 aliphatic carbocycles. The molecule has 2 amide bonds.